The Morgan fingerprint density at radius 3 is 2.44 bits per heavy atom. The summed E-state index contributed by atoms with van der Waals surface area (Å²) in [5.74, 6) is -0.875. The third-order valence-electron chi connectivity index (χ3n) is 5.68. The maximum Gasteiger partial charge on any atom is 0.323 e. The molecular formula is C23H22N6O4S. The molecule has 0 radical (unpaired) electrons. The SMILES string of the molecule is O=C(C[C@@H]1SC(N2CCCC2)=NC1=O)Nc1ccc(C(=O)Nc2ccc3[nH]c(=O)[nH]c3c2)cc1. The number of H-pyrrole nitrogens is 2. The highest BCUT2D eigenvalue weighted by atomic mass is 32.2. The Balaban J connectivity index is 1.15. The number of fused-ring (bicyclic) bond motifs is 1. The highest BCUT2D eigenvalue weighted by Crippen LogP contribution is 2.29. The average molecular weight is 479 g/mol. The average Bonchev–Trinajstić information content (AvgIpc) is 3.54. The zero-order chi connectivity index (χ0) is 23.7. The summed E-state index contributed by atoms with van der Waals surface area (Å²) >= 11 is 1.36. The molecule has 3 aromatic rings. The van der Waals surface area contributed by atoms with E-state index < -0.39 is 5.25 Å². The first kappa shape index (κ1) is 22.0. The number of amides is 3. The maximum atomic E-state index is 12.6. The molecule has 1 aromatic heterocycles. The van der Waals surface area contributed by atoms with Gasteiger partial charge >= 0.3 is 5.69 Å². The van der Waals surface area contributed by atoms with E-state index in [2.05, 4.69) is 30.5 Å². The van der Waals surface area contributed by atoms with Crippen LogP contribution in [0.1, 0.15) is 29.6 Å². The van der Waals surface area contributed by atoms with Crippen molar-refractivity contribution >= 4 is 57.1 Å². The van der Waals surface area contributed by atoms with E-state index in [1.165, 1.54) is 11.8 Å². The molecule has 0 unspecified atom stereocenters. The van der Waals surface area contributed by atoms with Crippen LogP contribution in [-0.2, 0) is 9.59 Å². The van der Waals surface area contributed by atoms with Gasteiger partial charge in [0.25, 0.3) is 11.8 Å². The molecule has 0 saturated carbocycles. The van der Waals surface area contributed by atoms with Gasteiger partial charge in [-0.2, -0.15) is 4.99 Å². The molecular weight excluding hydrogens is 456 g/mol. The number of imidazole rings is 1. The quantitative estimate of drug-likeness (QED) is 0.444. The Bertz CT molecular complexity index is 1350. The van der Waals surface area contributed by atoms with Crippen LogP contribution in [0.2, 0.25) is 0 Å². The van der Waals surface area contributed by atoms with Crippen molar-refractivity contribution in [2.24, 2.45) is 4.99 Å². The smallest absolute Gasteiger partial charge is 0.323 e. The highest BCUT2D eigenvalue weighted by Gasteiger charge is 2.33. The number of benzene rings is 2. The van der Waals surface area contributed by atoms with Crippen molar-refractivity contribution in [3.05, 3.63) is 58.5 Å². The summed E-state index contributed by atoms with van der Waals surface area (Å²) in [5, 5.41) is 5.77. The van der Waals surface area contributed by atoms with Gasteiger partial charge in [0, 0.05) is 36.4 Å². The molecule has 2 aliphatic rings. The van der Waals surface area contributed by atoms with Crippen LogP contribution in [-0.4, -0.2) is 56.1 Å². The number of hydrogen-bond donors (Lipinski definition) is 4. The van der Waals surface area contributed by atoms with Gasteiger partial charge in [-0.05, 0) is 55.3 Å². The van der Waals surface area contributed by atoms with Gasteiger partial charge in [0.05, 0.1) is 11.0 Å². The number of hydrogen-bond acceptors (Lipinski definition) is 6. The van der Waals surface area contributed by atoms with Crippen molar-refractivity contribution in [2.45, 2.75) is 24.5 Å². The number of rotatable bonds is 5. The Hall–Kier alpha value is -3.86. The molecule has 3 amide bonds. The summed E-state index contributed by atoms with van der Waals surface area (Å²) < 4.78 is 0. The minimum absolute atomic E-state index is 0.0380. The predicted octanol–water partition coefficient (Wildman–Crippen LogP) is 2.53. The van der Waals surface area contributed by atoms with E-state index in [4.69, 9.17) is 0 Å². The van der Waals surface area contributed by atoms with Gasteiger partial charge in [0.2, 0.25) is 5.91 Å². The summed E-state index contributed by atoms with van der Waals surface area (Å²) in [4.78, 5) is 60.1. The maximum absolute atomic E-state index is 12.6. The standard InChI is InChI=1S/C23H22N6O4S/c30-19(12-18-21(32)28-23(34-18)29-9-1-2-10-29)24-14-5-3-13(4-6-14)20(31)25-15-7-8-16-17(11-15)27-22(33)26-16/h3-8,11,18H,1-2,9-10,12H2,(H,24,30)(H,25,31)(H2,26,27,33)/t18-/m0/s1. The molecule has 0 spiro atoms. The van der Waals surface area contributed by atoms with Crippen LogP contribution in [0.4, 0.5) is 11.4 Å². The Kier molecular flexibility index (Phi) is 5.93. The summed E-state index contributed by atoms with van der Waals surface area (Å²) in [6.45, 7) is 1.80. The fourth-order valence-electron chi connectivity index (χ4n) is 3.95. The van der Waals surface area contributed by atoms with E-state index in [1.807, 2.05) is 0 Å². The van der Waals surface area contributed by atoms with Crippen molar-refractivity contribution in [3.63, 3.8) is 0 Å². The van der Waals surface area contributed by atoms with Gasteiger partial charge in [-0.15, -0.1) is 0 Å². The molecule has 174 valence electrons. The van der Waals surface area contributed by atoms with Crippen molar-refractivity contribution in [2.75, 3.05) is 23.7 Å². The van der Waals surface area contributed by atoms with Gasteiger partial charge in [-0.25, -0.2) is 4.79 Å². The Morgan fingerprint density at radius 2 is 1.68 bits per heavy atom. The number of carbonyl (C=O) groups excluding carboxylic acids is 3. The number of nitrogens with zero attached hydrogens (tertiary/aromatic N) is 2. The monoisotopic (exact) mass is 478 g/mol. The third-order valence-corrected chi connectivity index (χ3v) is 6.89. The van der Waals surface area contributed by atoms with Crippen LogP contribution < -0.4 is 16.3 Å². The summed E-state index contributed by atoms with van der Waals surface area (Å²) in [6.07, 6.45) is 2.22. The highest BCUT2D eigenvalue weighted by molar-refractivity contribution is 8.15. The number of anilines is 2. The predicted molar refractivity (Wildman–Crippen MR) is 131 cm³/mol. The lowest BCUT2D eigenvalue weighted by Gasteiger charge is -2.16. The Morgan fingerprint density at radius 1 is 0.971 bits per heavy atom. The fraction of sp³-hybridized carbons (Fsp3) is 0.261. The first-order chi connectivity index (χ1) is 16.4. The first-order valence-corrected chi connectivity index (χ1v) is 11.8. The molecule has 10 nitrogen and oxygen atoms in total. The molecule has 4 N–H and O–H groups in total. The van der Waals surface area contributed by atoms with Crippen molar-refractivity contribution in [3.8, 4) is 0 Å². The molecule has 1 atom stereocenters. The number of thioether (sulfide) groups is 1. The molecule has 2 aliphatic heterocycles. The first-order valence-electron chi connectivity index (χ1n) is 10.9. The third kappa shape index (κ3) is 4.74. The molecule has 3 heterocycles. The minimum atomic E-state index is -0.507. The van der Waals surface area contributed by atoms with Crippen LogP contribution in [0, 0.1) is 0 Å². The molecule has 11 heteroatoms. The lowest BCUT2D eigenvalue weighted by molar-refractivity contribution is -0.121. The van der Waals surface area contributed by atoms with E-state index in [0.29, 0.717) is 28.0 Å². The topological polar surface area (TPSA) is 140 Å². The molecule has 0 aliphatic carbocycles. The number of carbonyl (C=O) groups is 3. The number of likely N-dealkylation sites (tertiary alicyclic amines) is 1. The number of aliphatic imine (C=N–C) groups is 1. The second kappa shape index (κ2) is 9.18. The van der Waals surface area contributed by atoms with Gasteiger partial charge in [-0.1, -0.05) is 11.8 Å². The van der Waals surface area contributed by atoms with Crippen LogP contribution in [0.5, 0.6) is 0 Å². The molecule has 0 bridgehead atoms. The van der Waals surface area contributed by atoms with Crippen molar-refractivity contribution in [1.29, 1.82) is 0 Å². The molecule has 2 aromatic carbocycles. The van der Waals surface area contributed by atoms with Gasteiger partial charge < -0.3 is 25.5 Å². The van der Waals surface area contributed by atoms with Gasteiger partial charge in [-0.3, -0.25) is 14.4 Å². The van der Waals surface area contributed by atoms with E-state index in [0.717, 1.165) is 31.1 Å². The molecule has 5 rings (SSSR count). The number of aromatic nitrogens is 2. The fourth-order valence-corrected chi connectivity index (χ4v) is 5.07. The van der Waals surface area contributed by atoms with Crippen LogP contribution in [0.15, 0.2) is 52.3 Å². The molecule has 34 heavy (non-hydrogen) atoms. The zero-order valence-corrected chi connectivity index (χ0v) is 18.9. The second-order valence-electron chi connectivity index (χ2n) is 8.16. The number of aromatic amines is 2. The van der Waals surface area contributed by atoms with Crippen LogP contribution >= 0.6 is 11.8 Å². The Labute approximate surface area is 198 Å². The van der Waals surface area contributed by atoms with E-state index >= 15 is 0 Å². The lowest BCUT2D eigenvalue weighted by atomic mass is 10.1. The molecule has 1 fully saturated rings. The zero-order valence-electron chi connectivity index (χ0n) is 18.1. The normalized spacial score (nSPS) is 17.8. The van der Waals surface area contributed by atoms with Gasteiger partial charge in [0.15, 0.2) is 5.17 Å². The summed E-state index contributed by atoms with van der Waals surface area (Å²) in [7, 11) is 0. The summed E-state index contributed by atoms with van der Waals surface area (Å²) in [5.41, 5.74) is 2.41. The van der Waals surface area contributed by atoms with Crippen LogP contribution in [0.25, 0.3) is 11.0 Å². The van der Waals surface area contributed by atoms with Crippen LogP contribution in [0.3, 0.4) is 0 Å². The minimum Gasteiger partial charge on any atom is -0.351 e. The van der Waals surface area contributed by atoms with E-state index in [9.17, 15) is 19.2 Å². The number of amidine groups is 1. The second-order valence-corrected chi connectivity index (χ2v) is 9.33. The number of nitrogens with one attached hydrogen (secondary N) is 4. The van der Waals surface area contributed by atoms with E-state index in [-0.39, 0.29) is 29.8 Å². The lowest BCUT2D eigenvalue weighted by Crippen LogP contribution is -2.25. The van der Waals surface area contributed by atoms with Crippen molar-refractivity contribution in [1.82, 2.24) is 14.9 Å². The summed E-state index contributed by atoms with van der Waals surface area (Å²) in [6, 6.07) is 11.5. The molecule has 1 saturated heterocycles. The largest absolute Gasteiger partial charge is 0.351 e. The van der Waals surface area contributed by atoms with E-state index in [1.54, 1.807) is 42.5 Å². The van der Waals surface area contributed by atoms with Gasteiger partial charge in [0.1, 0.15) is 5.25 Å². The van der Waals surface area contributed by atoms with Crippen molar-refractivity contribution < 1.29 is 14.4 Å².